The second kappa shape index (κ2) is 7.42. The highest BCUT2D eigenvalue weighted by molar-refractivity contribution is 6.08. The number of amides is 1. The van der Waals surface area contributed by atoms with Crippen molar-refractivity contribution >= 4 is 18.0 Å². The van der Waals surface area contributed by atoms with Gasteiger partial charge >= 0.3 is 6.09 Å². The number of hydrogen-bond acceptors (Lipinski definition) is 5. The Balaban J connectivity index is 2.30. The maximum Gasteiger partial charge on any atom is 0.412 e. The van der Waals surface area contributed by atoms with E-state index in [9.17, 15) is 9.59 Å². The van der Waals surface area contributed by atoms with Gasteiger partial charge in [-0.05, 0) is 45.0 Å². The van der Waals surface area contributed by atoms with Crippen LogP contribution in [0.3, 0.4) is 0 Å². The zero-order chi connectivity index (χ0) is 18.6. The van der Waals surface area contributed by atoms with Crippen LogP contribution in [-0.2, 0) is 9.53 Å². The molecule has 6 nitrogen and oxygen atoms in total. The molecule has 1 N–H and O–H groups in total. The number of methoxy groups -OCH3 is 2. The van der Waals surface area contributed by atoms with Crippen molar-refractivity contribution in [3.8, 4) is 11.5 Å². The largest absolute Gasteiger partial charge is 0.497 e. The predicted octanol–water partition coefficient (Wildman–Crippen LogP) is 3.47. The second-order valence-corrected chi connectivity index (χ2v) is 6.54. The van der Waals surface area contributed by atoms with Gasteiger partial charge in [0.15, 0.2) is 5.78 Å². The number of nitrogens with one attached hydrogen (secondary N) is 1. The third kappa shape index (κ3) is 4.86. The third-order valence-electron chi connectivity index (χ3n) is 3.45. The van der Waals surface area contributed by atoms with E-state index in [1.165, 1.54) is 0 Å². The lowest BCUT2D eigenvalue weighted by molar-refractivity contribution is -0.114. The summed E-state index contributed by atoms with van der Waals surface area (Å²) in [6.07, 6.45) is 2.98. The van der Waals surface area contributed by atoms with Gasteiger partial charge in [0.05, 0.1) is 19.9 Å². The number of ketones is 1. The van der Waals surface area contributed by atoms with E-state index in [0.717, 1.165) is 0 Å². The van der Waals surface area contributed by atoms with Crippen LogP contribution >= 0.6 is 0 Å². The first-order chi connectivity index (χ1) is 11.7. The normalized spacial score (nSPS) is 15.8. The molecule has 6 heteroatoms. The monoisotopic (exact) mass is 345 g/mol. The lowest BCUT2D eigenvalue weighted by Gasteiger charge is -2.20. The number of allylic oxidation sites excluding steroid dienone is 2. The first kappa shape index (κ1) is 18.6. The van der Waals surface area contributed by atoms with Gasteiger partial charge in [0.25, 0.3) is 0 Å². The van der Waals surface area contributed by atoms with E-state index < -0.39 is 11.7 Å². The first-order valence-corrected chi connectivity index (χ1v) is 7.91. The Bertz CT molecular complexity index is 741. The van der Waals surface area contributed by atoms with E-state index >= 15 is 0 Å². The Labute approximate surface area is 147 Å². The zero-order valence-electron chi connectivity index (χ0n) is 15.1. The summed E-state index contributed by atoms with van der Waals surface area (Å²) in [6, 6.07) is 5.30. The van der Waals surface area contributed by atoms with Crippen LogP contribution in [0.4, 0.5) is 4.79 Å². The Morgan fingerprint density at radius 2 is 1.92 bits per heavy atom. The maximum atomic E-state index is 12.2. The molecule has 0 fully saturated rings. The quantitative estimate of drug-likeness (QED) is 0.846. The summed E-state index contributed by atoms with van der Waals surface area (Å²) in [5, 5.41) is 2.64. The third-order valence-corrected chi connectivity index (χ3v) is 3.45. The fourth-order valence-corrected chi connectivity index (χ4v) is 2.36. The Hall–Kier alpha value is -2.76. The van der Waals surface area contributed by atoms with E-state index in [2.05, 4.69) is 5.32 Å². The average Bonchev–Trinajstić information content (AvgIpc) is 2.86. The molecule has 134 valence electrons. The highest BCUT2D eigenvalue weighted by Crippen LogP contribution is 2.29. The molecule has 1 amide bonds. The minimum atomic E-state index is -0.618. The number of carbonyl (C=O) groups is 2. The van der Waals surface area contributed by atoms with E-state index in [1.807, 2.05) is 0 Å². The number of ether oxygens (including phenoxy) is 3. The molecule has 0 saturated heterocycles. The van der Waals surface area contributed by atoms with Crippen molar-refractivity contribution in [2.75, 3.05) is 14.2 Å². The molecule has 0 spiro atoms. The van der Waals surface area contributed by atoms with Crippen LogP contribution in [0.5, 0.6) is 11.5 Å². The molecule has 1 aromatic carbocycles. The van der Waals surface area contributed by atoms with Gasteiger partial charge in [-0.2, -0.15) is 0 Å². The fourth-order valence-electron chi connectivity index (χ4n) is 2.36. The molecule has 1 aliphatic carbocycles. The van der Waals surface area contributed by atoms with Crippen LogP contribution in [0, 0.1) is 0 Å². The molecular weight excluding hydrogens is 322 g/mol. The summed E-state index contributed by atoms with van der Waals surface area (Å²) in [6.45, 7) is 5.33. The van der Waals surface area contributed by atoms with Gasteiger partial charge in [-0.15, -0.1) is 0 Å². The minimum absolute atomic E-state index is 0.0871. The van der Waals surface area contributed by atoms with Crippen molar-refractivity contribution < 1.29 is 23.8 Å². The van der Waals surface area contributed by atoms with Crippen LogP contribution in [-0.4, -0.2) is 31.7 Å². The number of hydrogen-bond donors (Lipinski definition) is 1. The molecule has 0 heterocycles. The molecule has 0 atom stereocenters. The number of alkyl carbamates (subject to hydrolysis) is 1. The molecule has 2 rings (SSSR count). The minimum Gasteiger partial charge on any atom is -0.497 e. The average molecular weight is 345 g/mol. The fraction of sp³-hybridized carbons (Fsp3) is 0.368. The number of carbonyl (C=O) groups excluding carboxylic acids is 2. The van der Waals surface area contributed by atoms with Crippen LogP contribution in [0.25, 0.3) is 6.08 Å². The number of rotatable bonds is 4. The Morgan fingerprint density at radius 1 is 1.20 bits per heavy atom. The molecule has 0 aliphatic heterocycles. The van der Waals surface area contributed by atoms with E-state index in [0.29, 0.717) is 28.3 Å². The van der Waals surface area contributed by atoms with E-state index in [4.69, 9.17) is 14.2 Å². The highest BCUT2D eigenvalue weighted by Gasteiger charge is 2.25. The summed E-state index contributed by atoms with van der Waals surface area (Å²) >= 11 is 0. The Kier molecular flexibility index (Phi) is 5.51. The first-order valence-electron chi connectivity index (χ1n) is 7.91. The molecule has 0 saturated carbocycles. The summed E-state index contributed by atoms with van der Waals surface area (Å²) < 4.78 is 15.8. The van der Waals surface area contributed by atoms with Gasteiger partial charge in [0, 0.05) is 17.6 Å². The van der Waals surface area contributed by atoms with Crippen LogP contribution in [0.1, 0.15) is 32.8 Å². The summed E-state index contributed by atoms with van der Waals surface area (Å²) in [5.74, 6) is 1.16. The molecular formula is C19H23NO5. The predicted molar refractivity (Wildman–Crippen MR) is 94.6 cm³/mol. The van der Waals surface area contributed by atoms with Gasteiger partial charge in [-0.25, -0.2) is 4.79 Å². The maximum absolute atomic E-state index is 12.2. The Morgan fingerprint density at radius 3 is 2.52 bits per heavy atom. The van der Waals surface area contributed by atoms with Gasteiger partial charge in [-0.1, -0.05) is 6.08 Å². The number of benzene rings is 1. The van der Waals surface area contributed by atoms with Crippen LogP contribution < -0.4 is 14.8 Å². The molecule has 0 aromatic heterocycles. The SMILES string of the molecule is COc1ccc(OC)c(C=C2C(=O)CC=C2NC(=O)OC(C)(C)C)c1. The molecule has 1 aromatic rings. The van der Waals surface area contributed by atoms with Crippen molar-refractivity contribution in [1.82, 2.24) is 5.32 Å². The molecule has 0 bridgehead atoms. The molecule has 25 heavy (non-hydrogen) atoms. The smallest absolute Gasteiger partial charge is 0.412 e. The summed E-state index contributed by atoms with van der Waals surface area (Å²) in [7, 11) is 3.12. The zero-order valence-corrected chi connectivity index (χ0v) is 15.1. The van der Waals surface area contributed by atoms with Crippen LogP contribution in [0.15, 0.2) is 35.5 Å². The van der Waals surface area contributed by atoms with Gasteiger partial charge in [0.2, 0.25) is 0 Å². The second-order valence-electron chi connectivity index (χ2n) is 6.54. The topological polar surface area (TPSA) is 73.9 Å². The highest BCUT2D eigenvalue weighted by atomic mass is 16.6. The summed E-state index contributed by atoms with van der Waals surface area (Å²) in [5.41, 5.74) is 0.901. The van der Waals surface area contributed by atoms with Crippen molar-refractivity contribution in [3.05, 3.63) is 41.1 Å². The summed E-state index contributed by atoms with van der Waals surface area (Å²) in [4.78, 5) is 24.2. The lowest BCUT2D eigenvalue weighted by atomic mass is 10.1. The number of Topliss-reactive ketones (excluding diaryl/α,β-unsaturated/α-hetero) is 1. The van der Waals surface area contributed by atoms with Gasteiger partial charge in [0.1, 0.15) is 17.1 Å². The van der Waals surface area contributed by atoms with Crippen molar-refractivity contribution in [1.29, 1.82) is 0 Å². The molecule has 0 radical (unpaired) electrons. The van der Waals surface area contributed by atoms with E-state index in [-0.39, 0.29) is 12.2 Å². The van der Waals surface area contributed by atoms with Crippen molar-refractivity contribution in [3.63, 3.8) is 0 Å². The van der Waals surface area contributed by atoms with E-state index in [1.54, 1.807) is 65.3 Å². The molecule has 1 aliphatic rings. The molecule has 0 unspecified atom stereocenters. The lowest BCUT2D eigenvalue weighted by Crippen LogP contribution is -2.32. The van der Waals surface area contributed by atoms with Gasteiger partial charge < -0.3 is 14.2 Å². The van der Waals surface area contributed by atoms with Crippen molar-refractivity contribution in [2.45, 2.75) is 32.8 Å². The van der Waals surface area contributed by atoms with Crippen molar-refractivity contribution in [2.24, 2.45) is 0 Å². The standard InChI is InChI=1S/C19H23NO5/c1-19(2,3)25-18(22)20-15-7-8-16(21)14(15)11-12-10-13(23-4)6-9-17(12)24-5/h6-7,9-11H,8H2,1-5H3,(H,20,22). The van der Waals surface area contributed by atoms with Crippen LogP contribution in [0.2, 0.25) is 0 Å². The van der Waals surface area contributed by atoms with Gasteiger partial charge in [-0.3, -0.25) is 10.1 Å².